The van der Waals surface area contributed by atoms with Gasteiger partial charge in [-0.3, -0.25) is 16.0 Å². The molecule has 2 unspecified atom stereocenters. The zero-order valence-electron chi connectivity index (χ0n) is 9.41. The number of hydrazine groups is 1. The van der Waals surface area contributed by atoms with Crippen molar-refractivity contribution >= 4 is 0 Å². The maximum atomic E-state index is 5.57. The zero-order chi connectivity index (χ0) is 10.7. The highest BCUT2D eigenvalue weighted by molar-refractivity contribution is 5.20. The van der Waals surface area contributed by atoms with E-state index < -0.39 is 0 Å². The van der Waals surface area contributed by atoms with Crippen LogP contribution < -0.4 is 11.3 Å². The highest BCUT2D eigenvalue weighted by atomic mass is 15.3. The van der Waals surface area contributed by atoms with Gasteiger partial charge in [0.25, 0.3) is 0 Å². The first kappa shape index (κ1) is 11.2. The predicted molar refractivity (Wildman–Crippen MR) is 57.5 cm³/mol. The summed E-state index contributed by atoms with van der Waals surface area (Å²) in [5.74, 6) is 6.09. The molecule has 0 aliphatic heterocycles. The van der Waals surface area contributed by atoms with Gasteiger partial charge < -0.3 is 0 Å². The molecule has 4 heteroatoms. The number of aromatic nitrogens is 2. The minimum Gasteiger partial charge on any atom is -0.275 e. The first-order valence-electron chi connectivity index (χ1n) is 5.06. The van der Waals surface area contributed by atoms with Crippen molar-refractivity contribution in [2.45, 2.75) is 33.2 Å². The van der Waals surface area contributed by atoms with Crippen LogP contribution in [0.3, 0.4) is 0 Å². The monoisotopic (exact) mass is 196 g/mol. The van der Waals surface area contributed by atoms with Gasteiger partial charge in [0.1, 0.15) is 0 Å². The average molecular weight is 196 g/mol. The minimum absolute atomic E-state index is 0.202. The molecule has 0 aliphatic rings. The van der Waals surface area contributed by atoms with Crippen LogP contribution in [0, 0.1) is 12.8 Å². The van der Waals surface area contributed by atoms with E-state index in [0.29, 0.717) is 5.92 Å². The molecular weight excluding hydrogens is 176 g/mol. The minimum atomic E-state index is 0.202. The van der Waals surface area contributed by atoms with Gasteiger partial charge in [-0.05, 0) is 12.8 Å². The summed E-state index contributed by atoms with van der Waals surface area (Å²) in [4.78, 5) is 0. The molecular formula is C10H20N4. The van der Waals surface area contributed by atoms with Crippen LogP contribution >= 0.6 is 0 Å². The molecule has 4 nitrogen and oxygen atoms in total. The molecule has 3 N–H and O–H groups in total. The first-order chi connectivity index (χ1) is 6.60. The van der Waals surface area contributed by atoms with E-state index >= 15 is 0 Å². The fourth-order valence-corrected chi connectivity index (χ4v) is 1.72. The van der Waals surface area contributed by atoms with E-state index in [1.165, 1.54) is 5.56 Å². The normalized spacial score (nSPS) is 15.5. The molecule has 0 spiro atoms. The number of rotatable bonds is 4. The molecule has 1 aromatic rings. The van der Waals surface area contributed by atoms with Crippen molar-refractivity contribution in [1.29, 1.82) is 0 Å². The highest BCUT2D eigenvalue weighted by Crippen LogP contribution is 2.25. The molecule has 1 heterocycles. The number of nitrogens with zero attached hydrogens (tertiary/aromatic N) is 2. The number of aryl methyl sites for hydroxylation is 2. The van der Waals surface area contributed by atoms with Crippen molar-refractivity contribution in [3.8, 4) is 0 Å². The van der Waals surface area contributed by atoms with Crippen molar-refractivity contribution in [3.05, 3.63) is 17.5 Å². The molecule has 0 saturated heterocycles. The zero-order valence-corrected chi connectivity index (χ0v) is 9.41. The molecule has 0 aliphatic carbocycles. The Morgan fingerprint density at radius 1 is 1.64 bits per heavy atom. The molecule has 0 aromatic carbocycles. The second-order valence-electron chi connectivity index (χ2n) is 3.87. The SMILES string of the molecule is CCC(C)C(NN)c1cn(C)nc1C. The highest BCUT2D eigenvalue weighted by Gasteiger charge is 2.20. The molecule has 14 heavy (non-hydrogen) atoms. The van der Waals surface area contributed by atoms with E-state index in [2.05, 4.69) is 24.4 Å². The van der Waals surface area contributed by atoms with E-state index in [-0.39, 0.29) is 6.04 Å². The van der Waals surface area contributed by atoms with Crippen molar-refractivity contribution in [1.82, 2.24) is 15.2 Å². The number of hydrogen-bond donors (Lipinski definition) is 2. The van der Waals surface area contributed by atoms with Crippen molar-refractivity contribution in [2.75, 3.05) is 0 Å². The standard InChI is InChI=1S/C10H20N4/c1-5-7(2)10(12-11)9-6-14(4)13-8(9)3/h6-7,10,12H,5,11H2,1-4H3. The molecule has 0 bridgehead atoms. The van der Waals surface area contributed by atoms with E-state index in [1.807, 2.05) is 24.9 Å². The molecule has 0 saturated carbocycles. The van der Waals surface area contributed by atoms with E-state index in [9.17, 15) is 0 Å². The van der Waals surface area contributed by atoms with Crippen molar-refractivity contribution in [3.63, 3.8) is 0 Å². The van der Waals surface area contributed by atoms with Gasteiger partial charge in [0.15, 0.2) is 0 Å². The third kappa shape index (κ3) is 2.13. The second-order valence-corrected chi connectivity index (χ2v) is 3.87. The van der Waals surface area contributed by atoms with Crippen LogP contribution in [0.25, 0.3) is 0 Å². The summed E-state index contributed by atoms with van der Waals surface area (Å²) in [5.41, 5.74) is 5.12. The van der Waals surface area contributed by atoms with Crippen LogP contribution in [0.4, 0.5) is 0 Å². The molecule has 2 atom stereocenters. The lowest BCUT2D eigenvalue weighted by Crippen LogP contribution is -2.32. The van der Waals surface area contributed by atoms with Gasteiger partial charge in [-0.15, -0.1) is 0 Å². The Morgan fingerprint density at radius 3 is 2.64 bits per heavy atom. The van der Waals surface area contributed by atoms with Gasteiger partial charge >= 0.3 is 0 Å². The van der Waals surface area contributed by atoms with Gasteiger partial charge in [-0.25, -0.2) is 0 Å². The molecule has 0 radical (unpaired) electrons. The van der Waals surface area contributed by atoms with Crippen LogP contribution in [0.15, 0.2) is 6.20 Å². The Hall–Kier alpha value is -0.870. The molecule has 1 aromatic heterocycles. The van der Waals surface area contributed by atoms with Crippen LogP contribution in [0.1, 0.15) is 37.6 Å². The summed E-state index contributed by atoms with van der Waals surface area (Å²) in [7, 11) is 1.93. The largest absolute Gasteiger partial charge is 0.275 e. The topological polar surface area (TPSA) is 55.9 Å². The van der Waals surface area contributed by atoms with Crippen molar-refractivity contribution < 1.29 is 0 Å². The van der Waals surface area contributed by atoms with Crippen LogP contribution in [0.2, 0.25) is 0 Å². The molecule has 0 amide bonds. The maximum absolute atomic E-state index is 5.57. The Labute approximate surface area is 85.5 Å². The number of nitrogens with two attached hydrogens (primary N) is 1. The quantitative estimate of drug-likeness (QED) is 0.563. The predicted octanol–water partition coefficient (Wildman–Crippen LogP) is 1.28. The summed E-state index contributed by atoms with van der Waals surface area (Å²) < 4.78 is 1.83. The Morgan fingerprint density at radius 2 is 2.29 bits per heavy atom. The summed E-state index contributed by atoms with van der Waals surface area (Å²) in [5, 5.41) is 4.32. The lowest BCUT2D eigenvalue weighted by molar-refractivity contribution is 0.381. The Kier molecular flexibility index (Phi) is 3.66. The number of hydrogen-bond acceptors (Lipinski definition) is 3. The van der Waals surface area contributed by atoms with Gasteiger partial charge in [-0.1, -0.05) is 20.3 Å². The van der Waals surface area contributed by atoms with Crippen LogP contribution in [-0.2, 0) is 7.05 Å². The lowest BCUT2D eigenvalue weighted by atomic mass is 9.93. The first-order valence-corrected chi connectivity index (χ1v) is 5.06. The van der Waals surface area contributed by atoms with Gasteiger partial charge in [0.2, 0.25) is 0 Å². The van der Waals surface area contributed by atoms with Crippen LogP contribution in [0.5, 0.6) is 0 Å². The van der Waals surface area contributed by atoms with Crippen LogP contribution in [-0.4, -0.2) is 9.78 Å². The van der Waals surface area contributed by atoms with E-state index in [0.717, 1.165) is 12.1 Å². The third-order valence-corrected chi connectivity index (χ3v) is 2.78. The average Bonchev–Trinajstić information content (AvgIpc) is 2.47. The molecule has 0 fully saturated rings. The summed E-state index contributed by atoms with van der Waals surface area (Å²) in [6, 6.07) is 0.202. The summed E-state index contributed by atoms with van der Waals surface area (Å²) in [6.45, 7) is 6.37. The van der Waals surface area contributed by atoms with Crippen molar-refractivity contribution in [2.24, 2.45) is 18.8 Å². The summed E-state index contributed by atoms with van der Waals surface area (Å²) >= 11 is 0. The smallest absolute Gasteiger partial charge is 0.0642 e. The van der Waals surface area contributed by atoms with Gasteiger partial charge in [0.05, 0.1) is 11.7 Å². The third-order valence-electron chi connectivity index (χ3n) is 2.78. The molecule has 1 rings (SSSR count). The second kappa shape index (κ2) is 4.57. The molecule has 80 valence electrons. The van der Waals surface area contributed by atoms with E-state index in [1.54, 1.807) is 0 Å². The fourth-order valence-electron chi connectivity index (χ4n) is 1.72. The lowest BCUT2D eigenvalue weighted by Gasteiger charge is -2.21. The van der Waals surface area contributed by atoms with Gasteiger partial charge in [-0.2, -0.15) is 5.10 Å². The van der Waals surface area contributed by atoms with E-state index in [4.69, 9.17) is 5.84 Å². The Balaban J connectivity index is 2.94. The maximum Gasteiger partial charge on any atom is 0.0642 e. The number of nitrogens with one attached hydrogen (secondary N) is 1. The Bertz CT molecular complexity index is 292. The van der Waals surface area contributed by atoms with Gasteiger partial charge in [0, 0.05) is 18.8 Å². The summed E-state index contributed by atoms with van der Waals surface area (Å²) in [6.07, 6.45) is 3.13. The fraction of sp³-hybridized carbons (Fsp3) is 0.700.